The highest BCUT2D eigenvalue weighted by Crippen LogP contribution is 2.37. The van der Waals surface area contributed by atoms with Gasteiger partial charge in [0.25, 0.3) is 5.56 Å². The topological polar surface area (TPSA) is 132 Å². The highest BCUT2D eigenvalue weighted by Gasteiger charge is 2.35. The molecule has 210 valence electrons. The zero-order valence-electron chi connectivity index (χ0n) is 22.6. The van der Waals surface area contributed by atoms with Crippen molar-refractivity contribution in [2.75, 3.05) is 20.8 Å². The van der Waals surface area contributed by atoms with Crippen molar-refractivity contribution in [3.63, 3.8) is 0 Å². The molecule has 1 aliphatic rings. The molecule has 1 atom stereocenters. The molecule has 0 unspecified atom stereocenters. The molecule has 11 heteroatoms. The van der Waals surface area contributed by atoms with Gasteiger partial charge in [-0.2, -0.15) is 0 Å². The van der Waals surface area contributed by atoms with E-state index in [1.165, 1.54) is 30.9 Å². The van der Waals surface area contributed by atoms with E-state index in [4.69, 9.17) is 18.6 Å². The van der Waals surface area contributed by atoms with Gasteiger partial charge in [-0.1, -0.05) is 29.5 Å². The van der Waals surface area contributed by atoms with E-state index in [1.807, 2.05) is 0 Å². The number of carboxylic acids is 1. The molecule has 0 amide bonds. The smallest absolute Gasteiger partial charge is 0.338 e. The van der Waals surface area contributed by atoms with Crippen molar-refractivity contribution in [2.24, 2.45) is 4.99 Å². The number of benzene rings is 2. The Labute approximate surface area is 238 Å². The Hall–Kier alpha value is -4.90. The van der Waals surface area contributed by atoms with Crippen LogP contribution in [0.1, 0.15) is 41.6 Å². The summed E-state index contributed by atoms with van der Waals surface area (Å²) in [6.07, 6.45) is 1.58. The number of carbonyl (C=O) groups is 2. The highest BCUT2D eigenvalue weighted by atomic mass is 32.1. The SMILES string of the molecule is CCOC(=O)C1=C(C)N=c2s/c(=C/c3ccc(-c4cccc(C(=O)[O-])c4)o3)c(=O)n2[C@H]1c1cc(OC)ccc1OC. The molecular weight excluding hydrogens is 548 g/mol. The number of nitrogens with zero attached hydrogens (tertiary/aromatic N) is 2. The third-order valence-corrected chi connectivity index (χ3v) is 7.51. The molecule has 4 aromatic rings. The Morgan fingerprint density at radius 2 is 1.93 bits per heavy atom. The number of methoxy groups -OCH3 is 2. The van der Waals surface area contributed by atoms with E-state index >= 15 is 0 Å². The van der Waals surface area contributed by atoms with Gasteiger partial charge >= 0.3 is 5.97 Å². The fourth-order valence-electron chi connectivity index (χ4n) is 4.65. The van der Waals surface area contributed by atoms with Gasteiger partial charge in [0, 0.05) is 17.2 Å². The Bertz CT molecular complexity index is 1880. The summed E-state index contributed by atoms with van der Waals surface area (Å²) >= 11 is 1.14. The first-order chi connectivity index (χ1) is 19.7. The molecule has 41 heavy (non-hydrogen) atoms. The second kappa shape index (κ2) is 11.3. The van der Waals surface area contributed by atoms with E-state index < -0.39 is 23.5 Å². The summed E-state index contributed by atoms with van der Waals surface area (Å²) in [6.45, 7) is 3.55. The lowest BCUT2D eigenvalue weighted by Crippen LogP contribution is -2.40. The van der Waals surface area contributed by atoms with E-state index in [9.17, 15) is 19.5 Å². The van der Waals surface area contributed by atoms with Crippen LogP contribution in [0.4, 0.5) is 0 Å². The van der Waals surface area contributed by atoms with E-state index in [1.54, 1.807) is 62.4 Å². The van der Waals surface area contributed by atoms with Gasteiger partial charge in [-0.15, -0.1) is 0 Å². The van der Waals surface area contributed by atoms with Gasteiger partial charge in [-0.25, -0.2) is 9.79 Å². The van der Waals surface area contributed by atoms with Crippen molar-refractivity contribution in [1.29, 1.82) is 0 Å². The number of aromatic nitrogens is 1. The summed E-state index contributed by atoms with van der Waals surface area (Å²) in [6, 6.07) is 13.8. The fourth-order valence-corrected chi connectivity index (χ4v) is 5.68. The highest BCUT2D eigenvalue weighted by molar-refractivity contribution is 7.07. The molecule has 0 N–H and O–H groups in total. The van der Waals surface area contributed by atoms with Crippen LogP contribution in [-0.4, -0.2) is 37.3 Å². The number of fused-ring (bicyclic) bond motifs is 1. The third kappa shape index (κ3) is 5.19. The van der Waals surface area contributed by atoms with Crippen LogP contribution >= 0.6 is 11.3 Å². The molecule has 10 nitrogen and oxygen atoms in total. The molecule has 0 radical (unpaired) electrons. The number of hydrogen-bond acceptors (Lipinski definition) is 10. The van der Waals surface area contributed by atoms with Crippen molar-refractivity contribution in [3.05, 3.63) is 102 Å². The molecule has 0 saturated carbocycles. The van der Waals surface area contributed by atoms with Crippen LogP contribution < -0.4 is 29.5 Å². The van der Waals surface area contributed by atoms with Crippen LogP contribution in [0.15, 0.2) is 80.1 Å². The van der Waals surface area contributed by atoms with Crippen LogP contribution in [0, 0.1) is 0 Å². The number of thiazole rings is 1. The number of allylic oxidation sites excluding steroid dienone is 1. The van der Waals surface area contributed by atoms with Gasteiger partial charge in [0.1, 0.15) is 29.1 Å². The largest absolute Gasteiger partial charge is 0.545 e. The maximum absolute atomic E-state index is 13.9. The fraction of sp³-hybridized carbons (Fsp3) is 0.200. The maximum Gasteiger partial charge on any atom is 0.338 e. The van der Waals surface area contributed by atoms with Gasteiger partial charge in [-0.05, 0) is 55.8 Å². The molecule has 0 spiro atoms. The Kier molecular flexibility index (Phi) is 7.62. The minimum Gasteiger partial charge on any atom is -0.545 e. The Balaban J connectivity index is 1.66. The van der Waals surface area contributed by atoms with Crippen LogP contribution in [0.2, 0.25) is 0 Å². The van der Waals surface area contributed by atoms with Crippen LogP contribution in [-0.2, 0) is 9.53 Å². The molecule has 0 aliphatic carbocycles. The predicted octanol–water partition coefficient (Wildman–Crippen LogP) is 2.44. The van der Waals surface area contributed by atoms with Crippen LogP contribution in [0.3, 0.4) is 0 Å². The number of rotatable bonds is 8. The monoisotopic (exact) mass is 573 g/mol. The number of ether oxygens (including phenoxy) is 3. The molecule has 2 aromatic heterocycles. The normalized spacial score (nSPS) is 14.8. The number of carboxylic acid groups (broad SMARTS) is 1. The Morgan fingerprint density at radius 3 is 2.63 bits per heavy atom. The minimum absolute atomic E-state index is 0.0227. The number of esters is 1. The van der Waals surface area contributed by atoms with E-state index in [0.29, 0.717) is 49.2 Å². The van der Waals surface area contributed by atoms with Gasteiger partial charge in [-0.3, -0.25) is 9.36 Å². The average Bonchev–Trinajstić information content (AvgIpc) is 3.56. The summed E-state index contributed by atoms with van der Waals surface area (Å²) in [7, 11) is 3.03. The standard InChI is InChI=1S/C30H26N2O8S/c1-5-39-29(36)25-16(2)31-30-32(26(25)21-14-19(37-3)9-12-23(21)38-4)27(33)24(41-30)15-20-10-11-22(40-20)17-7-6-8-18(13-17)28(34)35/h6-15,26H,5H2,1-4H3,(H,34,35)/p-1/b24-15+/t26-/m0/s1. The number of carbonyl (C=O) groups excluding carboxylic acids is 2. The van der Waals surface area contributed by atoms with Crippen molar-refractivity contribution in [3.8, 4) is 22.8 Å². The first-order valence-electron chi connectivity index (χ1n) is 12.6. The van der Waals surface area contributed by atoms with Crippen LogP contribution in [0.5, 0.6) is 11.5 Å². The van der Waals surface area contributed by atoms with E-state index in [-0.39, 0.29) is 17.7 Å². The second-order valence-corrected chi connectivity index (χ2v) is 9.99. The van der Waals surface area contributed by atoms with Crippen molar-refractivity contribution >= 4 is 29.4 Å². The zero-order chi connectivity index (χ0) is 29.3. The molecule has 0 bridgehead atoms. The summed E-state index contributed by atoms with van der Waals surface area (Å²) in [5, 5.41) is 11.3. The van der Waals surface area contributed by atoms with Crippen molar-refractivity contribution in [1.82, 2.24) is 4.57 Å². The molecule has 5 rings (SSSR count). The number of aromatic carboxylic acids is 1. The lowest BCUT2D eigenvalue weighted by atomic mass is 9.95. The molecular formula is C30H25N2O8S-. The second-order valence-electron chi connectivity index (χ2n) is 8.98. The van der Waals surface area contributed by atoms with Crippen molar-refractivity contribution in [2.45, 2.75) is 19.9 Å². The molecule has 1 aliphatic heterocycles. The number of furan rings is 1. The minimum atomic E-state index is -1.29. The third-order valence-electron chi connectivity index (χ3n) is 6.53. The van der Waals surface area contributed by atoms with Gasteiger partial charge in [0.05, 0.1) is 42.6 Å². The number of hydrogen-bond donors (Lipinski definition) is 0. The zero-order valence-corrected chi connectivity index (χ0v) is 23.4. The Morgan fingerprint density at radius 1 is 1.12 bits per heavy atom. The molecule has 3 heterocycles. The predicted molar refractivity (Wildman–Crippen MR) is 148 cm³/mol. The average molecular weight is 574 g/mol. The lowest BCUT2D eigenvalue weighted by molar-refractivity contribution is -0.255. The summed E-state index contributed by atoms with van der Waals surface area (Å²) in [5.41, 5.74) is 1.34. The van der Waals surface area contributed by atoms with Crippen LogP contribution in [0.25, 0.3) is 17.4 Å². The summed E-state index contributed by atoms with van der Waals surface area (Å²) in [4.78, 5) is 43.3. The van der Waals surface area contributed by atoms with Gasteiger partial charge < -0.3 is 28.5 Å². The lowest BCUT2D eigenvalue weighted by Gasteiger charge is -2.26. The van der Waals surface area contributed by atoms with Gasteiger partial charge in [0.15, 0.2) is 4.80 Å². The first kappa shape index (κ1) is 27.7. The molecule has 0 saturated heterocycles. The van der Waals surface area contributed by atoms with E-state index in [0.717, 1.165) is 11.3 Å². The van der Waals surface area contributed by atoms with Gasteiger partial charge in [0.2, 0.25) is 0 Å². The quantitative estimate of drug-likeness (QED) is 0.294. The maximum atomic E-state index is 13.9. The summed E-state index contributed by atoms with van der Waals surface area (Å²) in [5.74, 6) is -0.109. The molecule has 0 fully saturated rings. The first-order valence-corrected chi connectivity index (χ1v) is 13.4. The van der Waals surface area contributed by atoms with E-state index in [2.05, 4.69) is 4.99 Å². The van der Waals surface area contributed by atoms with Crippen molar-refractivity contribution < 1.29 is 33.3 Å². The molecule has 2 aromatic carbocycles. The summed E-state index contributed by atoms with van der Waals surface area (Å²) < 4.78 is 24.1.